The van der Waals surface area contributed by atoms with E-state index >= 15 is 0 Å². The highest BCUT2D eigenvalue weighted by atomic mass is 14.9. The van der Waals surface area contributed by atoms with E-state index in [9.17, 15) is 0 Å². The molecule has 2 atom stereocenters. The molecular weight excluding hydrogens is 496 g/mol. The highest BCUT2D eigenvalue weighted by molar-refractivity contribution is 6.23. The van der Waals surface area contributed by atoms with E-state index in [0.717, 1.165) is 0 Å². The summed E-state index contributed by atoms with van der Waals surface area (Å²) < 4.78 is 5.07. The molecule has 2 aliphatic carbocycles. The number of nitrogens with zero attached hydrogens (tertiary/aromatic N) is 2. The summed E-state index contributed by atoms with van der Waals surface area (Å²) in [4.78, 5) is 0. The van der Waals surface area contributed by atoms with Crippen molar-refractivity contribution < 1.29 is 0 Å². The lowest BCUT2D eigenvalue weighted by Crippen LogP contribution is -2.36. The molecular formula is C39H26N2. The van der Waals surface area contributed by atoms with Gasteiger partial charge in [0, 0.05) is 48.8 Å². The van der Waals surface area contributed by atoms with Crippen molar-refractivity contribution in [2.45, 2.75) is 25.2 Å². The van der Waals surface area contributed by atoms with Crippen LogP contribution in [0.25, 0.3) is 77.4 Å². The van der Waals surface area contributed by atoms with E-state index < -0.39 is 0 Å². The van der Waals surface area contributed by atoms with Gasteiger partial charge in [-0.25, -0.2) is 0 Å². The van der Waals surface area contributed by atoms with Gasteiger partial charge in [0.1, 0.15) is 0 Å². The molecule has 41 heavy (non-hydrogen) atoms. The molecule has 0 amide bonds. The second-order valence-corrected chi connectivity index (χ2v) is 13.0. The number of aromatic nitrogens is 2. The van der Waals surface area contributed by atoms with Crippen LogP contribution in [0.5, 0.6) is 0 Å². The first-order valence-electron chi connectivity index (χ1n) is 14.8. The Morgan fingerprint density at radius 2 is 1.12 bits per heavy atom. The largest absolute Gasteiger partial charge is 0.308 e. The van der Waals surface area contributed by atoms with Crippen LogP contribution in [-0.4, -0.2) is 8.80 Å². The van der Waals surface area contributed by atoms with Crippen molar-refractivity contribution in [2.24, 2.45) is 5.92 Å². The lowest BCUT2D eigenvalue weighted by atomic mass is 9.74. The van der Waals surface area contributed by atoms with Crippen LogP contribution in [0, 0.1) is 5.92 Å². The Kier molecular flexibility index (Phi) is 3.36. The van der Waals surface area contributed by atoms with Crippen LogP contribution >= 0.6 is 0 Å². The number of hydrogen-bond donors (Lipinski definition) is 0. The van der Waals surface area contributed by atoms with Gasteiger partial charge in [-0.1, -0.05) is 98.8 Å². The second kappa shape index (κ2) is 6.56. The van der Waals surface area contributed by atoms with Crippen LogP contribution in [0.2, 0.25) is 0 Å². The molecule has 0 radical (unpaired) electrons. The molecule has 0 saturated heterocycles. The van der Waals surface area contributed by atoms with E-state index in [0.29, 0.717) is 11.8 Å². The third-order valence-corrected chi connectivity index (χ3v) is 10.9. The molecule has 192 valence electrons. The first kappa shape index (κ1) is 21.0. The zero-order valence-corrected chi connectivity index (χ0v) is 22.9. The third-order valence-electron chi connectivity index (χ3n) is 10.9. The SMILES string of the molecule is CC1(C)c2cc3c4cccc5c6ccccc6n(c3cc2C2C=c3c(c6cccc7c8ccccc8n3c67)=CC21)c54. The fourth-order valence-electron chi connectivity index (χ4n) is 9.09. The van der Waals surface area contributed by atoms with E-state index in [2.05, 4.69) is 132 Å². The lowest BCUT2D eigenvalue weighted by Gasteiger charge is -2.29. The van der Waals surface area contributed by atoms with Crippen LogP contribution in [0.3, 0.4) is 0 Å². The van der Waals surface area contributed by atoms with Crippen LogP contribution < -0.4 is 10.6 Å². The van der Waals surface area contributed by atoms with Gasteiger partial charge in [-0.3, -0.25) is 0 Å². The standard InChI is InChI=1S/C39H26N2/c1-39(2)31-17-29-25-13-7-11-23-21-9-3-5-15-33(21)40(37(23)25)35(29)19-27(31)28-20-36-30(18-32(28)39)26-14-8-12-24-22-10-4-6-16-34(22)41(36)38(24)26/h3-20,27,31H,1-2H3. The molecule has 0 fully saturated rings. The molecule has 2 aliphatic rings. The quantitative estimate of drug-likeness (QED) is 0.190. The number of benzene rings is 5. The average Bonchev–Trinajstić information content (AvgIpc) is 3.76. The van der Waals surface area contributed by atoms with Crippen LogP contribution in [0.4, 0.5) is 0 Å². The third kappa shape index (κ3) is 2.18. The van der Waals surface area contributed by atoms with Crippen molar-refractivity contribution in [1.82, 2.24) is 8.80 Å². The maximum absolute atomic E-state index is 2.62. The van der Waals surface area contributed by atoms with Crippen molar-refractivity contribution in [3.63, 3.8) is 0 Å². The summed E-state index contributed by atoms with van der Waals surface area (Å²) >= 11 is 0. The topological polar surface area (TPSA) is 8.82 Å². The maximum Gasteiger partial charge on any atom is 0.0620 e. The number of para-hydroxylation sites is 4. The molecule has 4 heterocycles. The van der Waals surface area contributed by atoms with Crippen molar-refractivity contribution >= 4 is 77.4 Å². The zero-order chi connectivity index (χ0) is 26.8. The molecule has 0 saturated carbocycles. The van der Waals surface area contributed by atoms with Gasteiger partial charge >= 0.3 is 0 Å². The fourth-order valence-corrected chi connectivity index (χ4v) is 9.09. The summed E-state index contributed by atoms with van der Waals surface area (Å²) in [6.45, 7) is 4.93. The Labute approximate surface area is 235 Å². The average molecular weight is 523 g/mol. The molecule has 2 nitrogen and oxygen atoms in total. The first-order chi connectivity index (χ1) is 20.1. The van der Waals surface area contributed by atoms with Gasteiger partial charge in [-0.15, -0.1) is 0 Å². The van der Waals surface area contributed by atoms with E-state index in [1.165, 1.54) is 87.0 Å². The zero-order valence-electron chi connectivity index (χ0n) is 22.9. The molecule has 2 heteroatoms. The summed E-state index contributed by atoms with van der Waals surface area (Å²) in [7, 11) is 0. The van der Waals surface area contributed by atoms with Gasteiger partial charge in [-0.2, -0.15) is 0 Å². The van der Waals surface area contributed by atoms with Gasteiger partial charge in [0.2, 0.25) is 0 Å². The van der Waals surface area contributed by atoms with Gasteiger partial charge in [0.25, 0.3) is 0 Å². The second-order valence-electron chi connectivity index (χ2n) is 13.0. The minimum atomic E-state index is 0.0322. The molecule has 11 rings (SSSR count). The summed E-state index contributed by atoms with van der Waals surface area (Å²) in [5.74, 6) is 0.761. The van der Waals surface area contributed by atoms with E-state index in [1.807, 2.05) is 0 Å². The molecule has 4 aromatic heterocycles. The number of hydrogen-bond acceptors (Lipinski definition) is 0. The molecule has 0 aliphatic heterocycles. The Hall–Kier alpha value is -4.82. The number of rotatable bonds is 0. The maximum atomic E-state index is 2.62. The van der Waals surface area contributed by atoms with Gasteiger partial charge in [-0.05, 0) is 46.7 Å². The number of fused-ring (bicyclic) bond motifs is 15. The van der Waals surface area contributed by atoms with E-state index in [-0.39, 0.29) is 5.41 Å². The highest BCUT2D eigenvalue weighted by Gasteiger charge is 2.46. The van der Waals surface area contributed by atoms with Crippen molar-refractivity contribution in [2.75, 3.05) is 0 Å². The Balaban J connectivity index is 1.29. The minimum Gasteiger partial charge on any atom is -0.308 e. The predicted molar refractivity (Wildman–Crippen MR) is 172 cm³/mol. The van der Waals surface area contributed by atoms with Crippen molar-refractivity contribution in [3.05, 3.63) is 119 Å². The summed E-state index contributed by atoms with van der Waals surface area (Å²) in [6.07, 6.45) is 5.23. The smallest absolute Gasteiger partial charge is 0.0620 e. The van der Waals surface area contributed by atoms with E-state index in [4.69, 9.17) is 0 Å². The van der Waals surface area contributed by atoms with Crippen LogP contribution in [-0.2, 0) is 5.41 Å². The predicted octanol–water partition coefficient (Wildman–Crippen LogP) is 8.10. The Morgan fingerprint density at radius 3 is 1.85 bits per heavy atom. The van der Waals surface area contributed by atoms with Crippen molar-refractivity contribution in [3.8, 4) is 0 Å². The van der Waals surface area contributed by atoms with Gasteiger partial charge in [0.05, 0.1) is 32.9 Å². The molecule has 2 unspecified atom stereocenters. The normalized spacial score (nSPS) is 19.6. The van der Waals surface area contributed by atoms with Crippen molar-refractivity contribution in [1.29, 1.82) is 0 Å². The highest BCUT2D eigenvalue weighted by Crippen LogP contribution is 2.54. The summed E-state index contributed by atoms with van der Waals surface area (Å²) in [5.41, 5.74) is 9.71. The summed E-state index contributed by atoms with van der Waals surface area (Å²) in [5, 5.41) is 12.3. The Morgan fingerprint density at radius 1 is 0.537 bits per heavy atom. The van der Waals surface area contributed by atoms with Crippen LogP contribution in [0.1, 0.15) is 30.9 Å². The molecule has 0 N–H and O–H groups in total. The van der Waals surface area contributed by atoms with Crippen LogP contribution in [0.15, 0.2) is 97.1 Å². The molecule has 0 bridgehead atoms. The molecule has 9 aromatic rings. The fraction of sp³-hybridized carbons (Fsp3) is 0.128. The lowest BCUT2D eigenvalue weighted by molar-refractivity contribution is 0.422. The van der Waals surface area contributed by atoms with Gasteiger partial charge < -0.3 is 8.80 Å². The molecule has 0 spiro atoms. The minimum absolute atomic E-state index is 0.0322. The Bertz CT molecular complexity index is 2730. The van der Waals surface area contributed by atoms with Gasteiger partial charge in [0.15, 0.2) is 0 Å². The van der Waals surface area contributed by atoms with E-state index in [1.54, 1.807) is 0 Å². The molecule has 5 aromatic carbocycles. The summed E-state index contributed by atoms with van der Waals surface area (Å²) in [6, 6.07) is 36.6. The monoisotopic (exact) mass is 522 g/mol. The first-order valence-corrected chi connectivity index (χ1v) is 14.8.